The lowest BCUT2D eigenvalue weighted by Gasteiger charge is -2.21. The number of hydrogen-bond donors (Lipinski definition) is 2. The maximum Gasteiger partial charge on any atom is 0.255 e. The fraction of sp³-hybridized carbons (Fsp3) is 0.662. The molecule has 0 spiro atoms. The second kappa shape index (κ2) is 72.4. The Morgan fingerprint density at radius 3 is 0.600 bits per heavy atom. The van der Waals surface area contributed by atoms with E-state index >= 15 is 0 Å². The van der Waals surface area contributed by atoms with Crippen molar-refractivity contribution in [3.63, 3.8) is 0 Å². The molecule has 4 aromatic heterocycles. The standard InChI is InChI=1S/C136H208N2O8S4/c1-97(2)37-25-43-103(13)49-31-55-109(19)81-87-141-123-93-117(94-124(142-88-82-110(20)56-32-50-104(14)44-26-38-98(3)4)133(123)145-91-85-113(23)59-35-53-107(17)47-29-41-101(9)10)135(139)137-119-67-61-115(62-68-119)65-71-121-73-75-127(147-121)129-77-79-131(149-129)132-80-78-130(150-132)128-76-74-122(148-128)72-66-116-63-69-120(70-64-116)138-136(140)118-95-125(143-89-83-111(21)57-33-51-105(15)45-27-39-99(5)6)134(146-92-86-114(24)60-36-54-108(18)48-30-42-102(11)12)126(96-118)144-90-84-112(22)58-34-52-106(16)46-28-40-100(7)8/h61-64,67-70,73-80,93-114H,25-60,81-92H2,1-24H3,(H,137,139)(H,138,140). The van der Waals surface area contributed by atoms with Crippen molar-refractivity contribution in [2.45, 2.75) is 436 Å². The first-order valence-electron chi connectivity index (χ1n) is 60.4. The predicted molar refractivity (Wildman–Crippen MR) is 654 cm³/mol. The fourth-order valence-corrected chi connectivity index (χ4v) is 24.4. The Morgan fingerprint density at radius 1 is 0.213 bits per heavy atom. The molecule has 0 radical (unpaired) electrons. The average Bonchev–Trinajstić information content (AvgIpc) is 1.56. The normalized spacial score (nSPS) is 14.2. The molecule has 14 heteroatoms. The molecular formula is C136H208N2O8S4. The van der Waals surface area contributed by atoms with Crippen LogP contribution in [0.2, 0.25) is 0 Å². The van der Waals surface area contributed by atoms with Crippen LogP contribution in [0.5, 0.6) is 34.5 Å². The summed E-state index contributed by atoms with van der Waals surface area (Å²) in [5.74, 6) is 28.9. The van der Waals surface area contributed by atoms with Gasteiger partial charge in [0.15, 0.2) is 23.0 Å². The molecule has 0 aliphatic rings. The van der Waals surface area contributed by atoms with Crippen molar-refractivity contribution < 1.29 is 38.0 Å². The molecule has 4 heterocycles. The molecule has 0 bridgehead atoms. The predicted octanol–water partition coefficient (Wildman–Crippen LogP) is 42.5. The van der Waals surface area contributed by atoms with Gasteiger partial charge in [0, 0.05) is 62.9 Å². The zero-order valence-electron chi connectivity index (χ0n) is 98.8. The van der Waals surface area contributed by atoms with Crippen LogP contribution in [0.4, 0.5) is 11.4 Å². The quantitative estimate of drug-likeness (QED) is 0.0363. The van der Waals surface area contributed by atoms with Crippen LogP contribution >= 0.6 is 45.3 Å². The minimum absolute atomic E-state index is 0.235. The molecule has 0 aliphatic heterocycles. The van der Waals surface area contributed by atoms with Crippen LogP contribution in [0, 0.1) is 130 Å². The minimum Gasteiger partial charge on any atom is -0.490 e. The average molecular weight is 2130 g/mol. The van der Waals surface area contributed by atoms with E-state index < -0.39 is 0 Å². The third kappa shape index (κ3) is 53.3. The molecule has 2 amide bonds. The molecule has 4 aromatic carbocycles. The van der Waals surface area contributed by atoms with Crippen molar-refractivity contribution in [1.82, 2.24) is 0 Å². The highest BCUT2D eigenvalue weighted by molar-refractivity contribution is 7.28. The Hall–Kier alpha value is -7.46. The van der Waals surface area contributed by atoms with Gasteiger partial charge in [0.1, 0.15) is 0 Å². The third-order valence-electron chi connectivity index (χ3n) is 31.1. The first-order chi connectivity index (χ1) is 72.0. The van der Waals surface area contributed by atoms with E-state index in [1.54, 1.807) is 45.3 Å². The van der Waals surface area contributed by atoms with Gasteiger partial charge in [0.2, 0.25) is 11.5 Å². The summed E-state index contributed by atoms with van der Waals surface area (Å²) in [6, 6.07) is 40.8. The number of thiophene rings is 4. The molecule has 12 unspecified atom stereocenters. The van der Waals surface area contributed by atoms with Gasteiger partial charge >= 0.3 is 0 Å². The summed E-state index contributed by atoms with van der Waals surface area (Å²) in [7, 11) is 0. The lowest BCUT2D eigenvalue weighted by Crippen LogP contribution is -2.15. The van der Waals surface area contributed by atoms with Crippen LogP contribution < -0.4 is 39.1 Å². The third-order valence-corrected chi connectivity index (χ3v) is 35.8. The van der Waals surface area contributed by atoms with Crippen molar-refractivity contribution >= 4 is 68.5 Å². The van der Waals surface area contributed by atoms with Crippen LogP contribution in [-0.4, -0.2) is 51.5 Å². The lowest BCUT2D eigenvalue weighted by atomic mass is 9.93. The lowest BCUT2D eigenvalue weighted by molar-refractivity contribution is 0.101. The van der Waals surface area contributed by atoms with E-state index in [0.29, 0.717) is 132 Å². The number of nitrogens with one attached hydrogen (secondary N) is 2. The van der Waals surface area contributed by atoms with Gasteiger partial charge in [-0.1, -0.05) is 421 Å². The minimum atomic E-state index is -0.235. The highest BCUT2D eigenvalue weighted by Gasteiger charge is 2.26. The summed E-state index contributed by atoms with van der Waals surface area (Å²) < 4.78 is 41.1. The van der Waals surface area contributed by atoms with Gasteiger partial charge in [-0.2, -0.15) is 0 Å². The van der Waals surface area contributed by atoms with Crippen LogP contribution in [0.1, 0.15) is 477 Å². The van der Waals surface area contributed by atoms with E-state index in [2.05, 4.69) is 249 Å². The monoisotopic (exact) mass is 2130 g/mol. The Labute approximate surface area is 933 Å². The Balaban J connectivity index is 0.910. The number of carbonyl (C=O) groups excluding carboxylic acids is 2. The molecule has 0 saturated heterocycles. The van der Waals surface area contributed by atoms with Crippen LogP contribution in [-0.2, 0) is 0 Å². The second-order valence-corrected chi connectivity index (χ2v) is 53.8. The van der Waals surface area contributed by atoms with Crippen molar-refractivity contribution in [1.29, 1.82) is 0 Å². The first-order valence-corrected chi connectivity index (χ1v) is 63.7. The van der Waals surface area contributed by atoms with Gasteiger partial charge in [-0.15, -0.1) is 45.3 Å². The van der Waals surface area contributed by atoms with Crippen LogP contribution in [0.25, 0.3) is 29.3 Å². The molecule has 0 aliphatic carbocycles. The summed E-state index contributed by atoms with van der Waals surface area (Å²) in [6.45, 7) is 59.9. The van der Waals surface area contributed by atoms with Crippen molar-refractivity contribution in [2.24, 2.45) is 107 Å². The van der Waals surface area contributed by atoms with E-state index in [-0.39, 0.29) is 11.8 Å². The van der Waals surface area contributed by atoms with Crippen molar-refractivity contribution in [3.05, 3.63) is 153 Å². The Morgan fingerprint density at radius 2 is 0.393 bits per heavy atom. The summed E-state index contributed by atoms with van der Waals surface area (Å²) in [5, 5.41) is 6.45. The zero-order chi connectivity index (χ0) is 108. The summed E-state index contributed by atoms with van der Waals surface area (Å²) >= 11 is 7.02. The molecule has 12 atom stereocenters. The topological polar surface area (TPSA) is 114 Å². The number of rotatable bonds is 79. The SMILES string of the molecule is CC(C)CCCC(C)CCCC(C)CCOc1cc(C(=O)Nc2ccc(C#Cc3ccc(-c4ccc(-c5ccc(-c6ccc(C#Cc7ccc(NC(=O)c8cc(OCCC(C)CCCC(C)CCCC(C)C)c(OCCC(C)CCCC(C)CCCC(C)C)c(OCCC(C)CCCC(C)CCCC(C)C)c8)cc7)s6)s5)s4)s3)cc2)cc(OCCC(C)CCCC(C)CCCC(C)C)c1OCCC(C)CCCC(C)CCCC(C)C. The molecule has 150 heavy (non-hydrogen) atoms. The zero-order valence-corrected chi connectivity index (χ0v) is 102. The highest BCUT2D eigenvalue weighted by Crippen LogP contribution is 2.46. The van der Waals surface area contributed by atoms with Gasteiger partial charge in [-0.25, -0.2) is 0 Å². The molecule has 834 valence electrons. The van der Waals surface area contributed by atoms with Gasteiger partial charge in [-0.05, 0) is 266 Å². The largest absolute Gasteiger partial charge is 0.490 e. The first kappa shape index (κ1) is 128. The molecule has 2 N–H and O–H groups in total. The number of anilines is 2. The number of benzene rings is 4. The fourth-order valence-electron chi connectivity index (χ4n) is 20.4. The van der Waals surface area contributed by atoms with Crippen LogP contribution in [0.3, 0.4) is 0 Å². The molecular weight excluding hydrogens is 1920 g/mol. The molecule has 8 rings (SSSR count). The summed E-state index contributed by atoms with van der Waals surface area (Å²) in [4.78, 5) is 38.6. The summed E-state index contributed by atoms with van der Waals surface area (Å²) in [6.07, 6.45) is 51.2. The van der Waals surface area contributed by atoms with Crippen molar-refractivity contribution in [3.8, 4) is 87.4 Å². The second-order valence-electron chi connectivity index (χ2n) is 49.4. The van der Waals surface area contributed by atoms with E-state index in [9.17, 15) is 9.59 Å². The maximum absolute atomic E-state index is 14.7. The number of carbonyl (C=O) groups is 2. The van der Waals surface area contributed by atoms with Crippen LogP contribution in [0.15, 0.2) is 121 Å². The smallest absolute Gasteiger partial charge is 0.255 e. The van der Waals surface area contributed by atoms with Gasteiger partial charge < -0.3 is 39.1 Å². The number of amides is 2. The molecule has 0 fully saturated rings. The molecule has 10 nitrogen and oxygen atoms in total. The number of hydrogen-bond acceptors (Lipinski definition) is 12. The Kier molecular flexibility index (Phi) is 61.6. The maximum atomic E-state index is 14.7. The van der Waals surface area contributed by atoms with E-state index in [1.165, 1.54) is 260 Å². The highest BCUT2D eigenvalue weighted by atomic mass is 32.1. The molecule has 0 saturated carbocycles. The summed E-state index contributed by atoms with van der Waals surface area (Å²) in [5.41, 5.74) is 4.03. The van der Waals surface area contributed by atoms with E-state index in [1.807, 2.05) is 72.8 Å². The van der Waals surface area contributed by atoms with E-state index in [4.69, 9.17) is 28.4 Å². The van der Waals surface area contributed by atoms with Crippen molar-refractivity contribution in [2.75, 3.05) is 50.3 Å². The number of ether oxygens (including phenoxy) is 6. The van der Waals surface area contributed by atoms with Gasteiger partial charge in [-0.3, -0.25) is 9.59 Å². The van der Waals surface area contributed by atoms with E-state index in [0.717, 1.165) is 130 Å². The molecule has 8 aromatic rings. The Bertz CT molecular complexity index is 4680. The van der Waals surface area contributed by atoms with Gasteiger partial charge in [0.25, 0.3) is 11.8 Å². The van der Waals surface area contributed by atoms with Gasteiger partial charge in [0.05, 0.1) is 49.4 Å².